The number of ether oxygens (including phenoxy) is 2. The van der Waals surface area contributed by atoms with Gasteiger partial charge in [-0.15, -0.1) is 0 Å². The van der Waals surface area contributed by atoms with Crippen molar-refractivity contribution in [3.8, 4) is 5.75 Å². The van der Waals surface area contributed by atoms with E-state index in [4.69, 9.17) is 9.47 Å². The molecule has 0 aliphatic rings. The summed E-state index contributed by atoms with van der Waals surface area (Å²) in [4.78, 5) is 0. The van der Waals surface area contributed by atoms with E-state index in [0.29, 0.717) is 13.2 Å². The third-order valence-electron chi connectivity index (χ3n) is 3.54. The summed E-state index contributed by atoms with van der Waals surface area (Å²) in [5.41, 5.74) is 1.08. The molecule has 1 atom stereocenters. The van der Waals surface area contributed by atoms with Crippen LogP contribution in [-0.4, -0.2) is 25.4 Å². The Hall–Kier alpha value is -1.06. The maximum Gasteiger partial charge on any atom is 0.124 e. The zero-order valence-electron chi connectivity index (χ0n) is 13.5. The van der Waals surface area contributed by atoms with Gasteiger partial charge in [0.05, 0.1) is 24.9 Å². The van der Waals surface area contributed by atoms with Crippen molar-refractivity contribution in [1.29, 1.82) is 0 Å². The van der Waals surface area contributed by atoms with Crippen LogP contribution in [0.4, 0.5) is 0 Å². The minimum Gasteiger partial charge on any atom is -0.494 e. The zero-order chi connectivity index (χ0) is 15.0. The van der Waals surface area contributed by atoms with Crippen molar-refractivity contribution in [3.63, 3.8) is 0 Å². The van der Waals surface area contributed by atoms with Crippen LogP contribution in [0.1, 0.15) is 52.6 Å². The summed E-state index contributed by atoms with van der Waals surface area (Å²) in [6, 6.07) is 8.35. The van der Waals surface area contributed by atoms with Gasteiger partial charge in [0.2, 0.25) is 0 Å². The smallest absolute Gasteiger partial charge is 0.124 e. The number of hydrogen-bond acceptors (Lipinski definition) is 3. The van der Waals surface area contributed by atoms with Gasteiger partial charge in [0.15, 0.2) is 0 Å². The molecule has 3 heteroatoms. The fraction of sp³-hybridized carbons (Fsp3) is 0.647. The van der Waals surface area contributed by atoms with Crippen LogP contribution in [0.5, 0.6) is 5.75 Å². The molecular formula is C17H29NO2. The highest BCUT2D eigenvalue weighted by Crippen LogP contribution is 2.27. The molecule has 0 aliphatic carbocycles. The van der Waals surface area contributed by atoms with Crippen molar-refractivity contribution < 1.29 is 9.47 Å². The molecule has 0 spiro atoms. The summed E-state index contributed by atoms with van der Waals surface area (Å²) in [5, 5.41) is 3.49. The van der Waals surface area contributed by atoms with Crippen molar-refractivity contribution in [1.82, 2.24) is 5.32 Å². The van der Waals surface area contributed by atoms with Crippen molar-refractivity contribution in [2.24, 2.45) is 0 Å². The van der Waals surface area contributed by atoms with E-state index in [1.54, 1.807) is 0 Å². The predicted octanol–water partition coefficient (Wildman–Crippen LogP) is 3.94. The third-order valence-corrected chi connectivity index (χ3v) is 3.54. The van der Waals surface area contributed by atoms with Crippen molar-refractivity contribution in [2.45, 2.75) is 52.7 Å². The second-order valence-electron chi connectivity index (χ2n) is 5.51. The van der Waals surface area contributed by atoms with Gasteiger partial charge in [-0.1, -0.05) is 32.0 Å². The summed E-state index contributed by atoms with van der Waals surface area (Å²) < 4.78 is 11.8. The molecule has 0 fully saturated rings. The maximum absolute atomic E-state index is 6.06. The number of para-hydroxylation sites is 1. The molecule has 1 rings (SSSR count). The van der Waals surface area contributed by atoms with Gasteiger partial charge in [-0.2, -0.15) is 0 Å². The molecule has 1 N–H and O–H groups in total. The second-order valence-corrected chi connectivity index (χ2v) is 5.51. The molecule has 114 valence electrons. The van der Waals surface area contributed by atoms with Gasteiger partial charge in [-0.25, -0.2) is 0 Å². The first-order valence-corrected chi connectivity index (χ1v) is 7.63. The number of benzene rings is 1. The quantitative estimate of drug-likeness (QED) is 0.742. The lowest BCUT2D eigenvalue weighted by Crippen LogP contribution is -2.31. The first-order chi connectivity index (χ1) is 9.54. The lowest BCUT2D eigenvalue weighted by Gasteiger charge is -2.28. The van der Waals surface area contributed by atoms with Crippen molar-refractivity contribution in [3.05, 3.63) is 29.8 Å². The van der Waals surface area contributed by atoms with Crippen LogP contribution >= 0.6 is 0 Å². The summed E-state index contributed by atoms with van der Waals surface area (Å²) in [6.45, 7) is 12.8. The normalized spacial score (nSPS) is 13.2. The topological polar surface area (TPSA) is 30.5 Å². The molecule has 1 aromatic rings. The molecule has 3 nitrogen and oxygen atoms in total. The monoisotopic (exact) mass is 279 g/mol. The molecule has 1 aromatic carbocycles. The van der Waals surface area contributed by atoms with E-state index in [2.05, 4.69) is 39.1 Å². The van der Waals surface area contributed by atoms with Crippen molar-refractivity contribution >= 4 is 0 Å². The second kappa shape index (κ2) is 8.28. The minimum atomic E-state index is -0.0891. The lowest BCUT2D eigenvalue weighted by molar-refractivity contribution is -0.0308. The summed E-state index contributed by atoms with van der Waals surface area (Å²) in [7, 11) is 0. The largest absolute Gasteiger partial charge is 0.494 e. The molecular weight excluding hydrogens is 250 g/mol. The lowest BCUT2D eigenvalue weighted by atomic mass is 10.0. The van der Waals surface area contributed by atoms with E-state index >= 15 is 0 Å². The maximum atomic E-state index is 6.06. The van der Waals surface area contributed by atoms with Crippen molar-refractivity contribution in [2.75, 3.05) is 19.8 Å². The fourth-order valence-corrected chi connectivity index (χ4v) is 1.97. The van der Waals surface area contributed by atoms with Gasteiger partial charge >= 0.3 is 0 Å². The molecule has 0 saturated heterocycles. The molecule has 20 heavy (non-hydrogen) atoms. The third kappa shape index (κ3) is 5.14. The fourth-order valence-electron chi connectivity index (χ4n) is 1.97. The molecule has 0 bridgehead atoms. The van der Waals surface area contributed by atoms with Crippen LogP contribution in [0.15, 0.2) is 24.3 Å². The molecule has 0 saturated carbocycles. The van der Waals surface area contributed by atoms with Crippen LogP contribution in [0.3, 0.4) is 0 Å². The zero-order valence-corrected chi connectivity index (χ0v) is 13.5. The van der Waals surface area contributed by atoms with Gasteiger partial charge < -0.3 is 14.8 Å². The van der Waals surface area contributed by atoms with Crippen LogP contribution in [0.25, 0.3) is 0 Å². The summed E-state index contributed by atoms with van der Waals surface area (Å²) >= 11 is 0. The molecule has 0 aliphatic heterocycles. The van der Waals surface area contributed by atoms with Gasteiger partial charge in [0, 0.05) is 5.56 Å². The van der Waals surface area contributed by atoms with E-state index < -0.39 is 0 Å². The van der Waals surface area contributed by atoms with E-state index in [9.17, 15) is 0 Å². The van der Waals surface area contributed by atoms with E-state index in [-0.39, 0.29) is 11.6 Å². The molecule has 0 heterocycles. The van der Waals surface area contributed by atoms with E-state index in [1.165, 1.54) is 5.56 Å². The summed E-state index contributed by atoms with van der Waals surface area (Å²) in [5.74, 6) is 0.943. The highest BCUT2D eigenvalue weighted by molar-refractivity contribution is 5.36. The van der Waals surface area contributed by atoms with E-state index in [0.717, 1.165) is 18.7 Å². The Morgan fingerprint density at radius 3 is 2.45 bits per heavy atom. The van der Waals surface area contributed by atoms with Crippen LogP contribution in [-0.2, 0) is 4.74 Å². The summed E-state index contributed by atoms with van der Waals surface area (Å²) in [6.07, 6.45) is 0.999. The van der Waals surface area contributed by atoms with Gasteiger partial charge in [-0.05, 0) is 39.8 Å². The van der Waals surface area contributed by atoms with Gasteiger partial charge in [-0.3, -0.25) is 0 Å². The van der Waals surface area contributed by atoms with Crippen LogP contribution in [0.2, 0.25) is 0 Å². The number of nitrogens with one attached hydrogen (secondary N) is 1. The predicted molar refractivity (Wildman–Crippen MR) is 84.4 cm³/mol. The molecule has 0 radical (unpaired) electrons. The minimum absolute atomic E-state index is 0.0891. The first-order valence-electron chi connectivity index (χ1n) is 7.63. The highest BCUT2D eigenvalue weighted by atomic mass is 16.5. The van der Waals surface area contributed by atoms with Crippen LogP contribution in [0, 0.1) is 0 Å². The Balaban J connectivity index is 2.84. The van der Waals surface area contributed by atoms with E-state index in [1.807, 2.05) is 25.1 Å². The Labute approximate surface area is 123 Å². The highest BCUT2D eigenvalue weighted by Gasteiger charge is 2.21. The SMILES string of the molecule is CCNC(COC(C)(C)CC)c1ccccc1OCC. The number of likely N-dealkylation sites (N-methyl/N-ethyl adjacent to an activating group) is 1. The Morgan fingerprint density at radius 2 is 1.85 bits per heavy atom. The Bertz CT molecular complexity index is 390. The Kier molecular flexibility index (Phi) is 7.03. The molecule has 0 amide bonds. The number of rotatable bonds is 9. The standard InChI is InChI=1S/C17H29NO2/c1-6-17(4,5)20-13-15(18-7-2)14-11-9-10-12-16(14)19-8-3/h9-12,15,18H,6-8,13H2,1-5H3. The molecule has 0 aromatic heterocycles. The van der Waals surface area contributed by atoms with Crippen LogP contribution < -0.4 is 10.1 Å². The molecule has 1 unspecified atom stereocenters. The first kappa shape index (κ1) is 17.0. The number of hydrogen-bond donors (Lipinski definition) is 1. The van der Waals surface area contributed by atoms with Gasteiger partial charge in [0.25, 0.3) is 0 Å². The average molecular weight is 279 g/mol. The average Bonchev–Trinajstić information content (AvgIpc) is 2.45. The van der Waals surface area contributed by atoms with Gasteiger partial charge in [0.1, 0.15) is 5.75 Å². The Morgan fingerprint density at radius 1 is 1.15 bits per heavy atom.